The van der Waals surface area contributed by atoms with E-state index in [-0.39, 0.29) is 36.1 Å². The van der Waals surface area contributed by atoms with E-state index in [1.165, 1.54) is 31.7 Å². The lowest BCUT2D eigenvalue weighted by molar-refractivity contribution is 0.100. The van der Waals surface area contributed by atoms with Crippen LogP contribution in [0.1, 0.15) is 67.8 Å². The predicted molar refractivity (Wildman–Crippen MR) is 141 cm³/mol. The van der Waals surface area contributed by atoms with Gasteiger partial charge in [-0.25, -0.2) is 9.18 Å². The number of hydrogen-bond donors (Lipinski definition) is 2. The number of rotatable bonds is 7. The molecule has 1 unspecified atom stereocenters. The van der Waals surface area contributed by atoms with Gasteiger partial charge in [-0.15, -0.1) is 12.4 Å². The van der Waals surface area contributed by atoms with Crippen LogP contribution < -0.4 is 10.6 Å². The van der Waals surface area contributed by atoms with Gasteiger partial charge < -0.3 is 10.6 Å². The van der Waals surface area contributed by atoms with E-state index < -0.39 is 0 Å². The van der Waals surface area contributed by atoms with Crippen LogP contribution in [0.2, 0.25) is 0 Å². The maximum atomic E-state index is 13.3. The van der Waals surface area contributed by atoms with Crippen LogP contribution in [0.25, 0.3) is 0 Å². The zero-order chi connectivity index (χ0) is 23.9. The highest BCUT2D eigenvalue weighted by Gasteiger charge is 2.31. The minimum Gasteiger partial charge on any atom is -0.335 e. The first-order chi connectivity index (χ1) is 16.5. The van der Waals surface area contributed by atoms with Gasteiger partial charge in [0, 0.05) is 29.9 Å². The zero-order valence-electron chi connectivity index (χ0n) is 20.5. The van der Waals surface area contributed by atoms with Gasteiger partial charge in [0.1, 0.15) is 5.82 Å². The molecule has 4 rings (SSSR count). The number of nitrogens with zero attached hydrogens (tertiary/aromatic N) is 1. The molecule has 35 heavy (non-hydrogen) atoms. The first-order valence-corrected chi connectivity index (χ1v) is 12.6. The fraction of sp³-hybridized carbons (Fsp3) is 0.500. The molecular weight excluding hydrogens is 465 g/mol. The van der Waals surface area contributed by atoms with Crippen molar-refractivity contribution in [3.8, 4) is 0 Å². The number of nitrogens with one attached hydrogen (secondary N) is 2. The zero-order valence-corrected chi connectivity index (χ0v) is 21.3. The minimum absolute atomic E-state index is 0. The molecule has 1 heterocycles. The van der Waals surface area contributed by atoms with Crippen molar-refractivity contribution < 1.29 is 14.0 Å². The average molecular weight is 502 g/mol. The number of benzene rings is 2. The summed E-state index contributed by atoms with van der Waals surface area (Å²) in [5.74, 6) is 0.205. The fourth-order valence-corrected chi connectivity index (χ4v) is 5.49. The minimum atomic E-state index is -0.209. The van der Waals surface area contributed by atoms with Gasteiger partial charge in [0.15, 0.2) is 5.78 Å². The van der Waals surface area contributed by atoms with E-state index in [0.717, 1.165) is 45.2 Å². The first kappa shape index (κ1) is 27.2. The molecule has 0 aromatic heterocycles. The molecular formula is C28H37ClFN3O2. The number of hydrogen-bond acceptors (Lipinski definition) is 3. The number of amides is 2. The van der Waals surface area contributed by atoms with Crippen LogP contribution >= 0.6 is 12.4 Å². The van der Waals surface area contributed by atoms with E-state index in [1.54, 1.807) is 36.4 Å². The van der Waals surface area contributed by atoms with Crippen LogP contribution in [-0.4, -0.2) is 41.9 Å². The molecule has 0 bridgehead atoms. The van der Waals surface area contributed by atoms with Crippen LogP contribution in [0, 0.1) is 11.7 Å². The van der Waals surface area contributed by atoms with E-state index in [9.17, 15) is 14.0 Å². The van der Waals surface area contributed by atoms with Crippen LogP contribution in [0.5, 0.6) is 0 Å². The number of anilines is 1. The molecule has 2 aromatic rings. The van der Waals surface area contributed by atoms with Crippen molar-refractivity contribution in [1.82, 2.24) is 10.2 Å². The molecule has 1 aliphatic carbocycles. The Labute approximate surface area is 214 Å². The number of urea groups is 1. The van der Waals surface area contributed by atoms with E-state index in [2.05, 4.69) is 15.5 Å². The van der Waals surface area contributed by atoms with E-state index in [0.29, 0.717) is 23.2 Å². The van der Waals surface area contributed by atoms with E-state index in [4.69, 9.17) is 0 Å². The van der Waals surface area contributed by atoms with Crippen LogP contribution in [0.3, 0.4) is 0 Å². The predicted octanol–water partition coefficient (Wildman–Crippen LogP) is 6.23. The SMILES string of the molecule is CC(=O)c1cccc(NC(=O)N[C@@H]2CCCC[C@H]2CN2CCCCC2Cc2ccc(F)cc2)c1.Cl. The summed E-state index contributed by atoms with van der Waals surface area (Å²) >= 11 is 0. The monoisotopic (exact) mass is 501 g/mol. The molecule has 7 heteroatoms. The number of carbonyl (C=O) groups excluding carboxylic acids is 2. The van der Waals surface area contributed by atoms with Crippen LogP contribution in [-0.2, 0) is 6.42 Å². The van der Waals surface area contributed by atoms with Gasteiger partial charge in [-0.05, 0) is 81.3 Å². The Kier molecular flexibility index (Phi) is 10.1. The summed E-state index contributed by atoms with van der Waals surface area (Å²) < 4.78 is 13.3. The molecule has 2 fully saturated rings. The smallest absolute Gasteiger partial charge is 0.319 e. The largest absolute Gasteiger partial charge is 0.335 e. The van der Waals surface area contributed by atoms with Crippen molar-refractivity contribution in [1.29, 1.82) is 0 Å². The number of halogens is 2. The van der Waals surface area contributed by atoms with Crippen molar-refractivity contribution in [2.45, 2.75) is 70.4 Å². The molecule has 1 saturated carbocycles. The standard InChI is InChI=1S/C28H36FN3O2.ClH/c1-20(33)22-8-6-9-25(18-22)30-28(34)31-27-11-3-2-7-23(27)19-32-16-5-4-10-26(32)17-21-12-14-24(29)15-13-21;/h6,8-9,12-15,18,23,26-27H,2-5,7,10-11,16-17,19H2,1H3,(H2,30,31,34);1H/t23-,26?,27+;/m0./s1. The van der Waals surface area contributed by atoms with Crippen LogP contribution in [0.15, 0.2) is 48.5 Å². The Morgan fingerprint density at radius 3 is 2.51 bits per heavy atom. The summed E-state index contributed by atoms with van der Waals surface area (Å²) in [5, 5.41) is 6.13. The Balaban J connectivity index is 0.00000342. The molecule has 2 N–H and O–H groups in total. The second-order valence-electron chi connectivity index (χ2n) is 9.86. The first-order valence-electron chi connectivity index (χ1n) is 12.6. The molecule has 1 saturated heterocycles. The number of piperidine rings is 1. The number of likely N-dealkylation sites (tertiary alicyclic amines) is 1. The molecule has 190 valence electrons. The molecule has 2 aromatic carbocycles. The van der Waals surface area contributed by atoms with Crippen molar-refractivity contribution in [2.24, 2.45) is 5.92 Å². The Morgan fingerprint density at radius 2 is 1.74 bits per heavy atom. The van der Waals surface area contributed by atoms with Gasteiger partial charge in [-0.2, -0.15) is 0 Å². The summed E-state index contributed by atoms with van der Waals surface area (Å²) in [5.41, 5.74) is 2.40. The third kappa shape index (κ3) is 7.77. The summed E-state index contributed by atoms with van der Waals surface area (Å²) in [4.78, 5) is 27.0. The Morgan fingerprint density at radius 1 is 1.00 bits per heavy atom. The van der Waals surface area contributed by atoms with Gasteiger partial charge in [-0.3, -0.25) is 9.69 Å². The lowest BCUT2D eigenvalue weighted by atomic mass is 9.83. The second kappa shape index (κ2) is 13.0. The number of carbonyl (C=O) groups is 2. The van der Waals surface area contributed by atoms with E-state index >= 15 is 0 Å². The highest BCUT2D eigenvalue weighted by Crippen LogP contribution is 2.29. The maximum absolute atomic E-state index is 13.3. The molecule has 2 amide bonds. The Hall–Kier alpha value is -2.44. The van der Waals surface area contributed by atoms with Crippen molar-refractivity contribution in [2.75, 3.05) is 18.4 Å². The maximum Gasteiger partial charge on any atom is 0.319 e. The van der Waals surface area contributed by atoms with Gasteiger partial charge >= 0.3 is 6.03 Å². The summed E-state index contributed by atoms with van der Waals surface area (Å²) in [6, 6.07) is 14.4. The van der Waals surface area contributed by atoms with Crippen molar-refractivity contribution in [3.05, 3.63) is 65.5 Å². The molecule has 0 radical (unpaired) electrons. The highest BCUT2D eigenvalue weighted by atomic mass is 35.5. The lowest BCUT2D eigenvalue weighted by Crippen LogP contribution is -2.50. The summed E-state index contributed by atoms with van der Waals surface area (Å²) in [7, 11) is 0. The average Bonchev–Trinajstić information content (AvgIpc) is 2.83. The quantitative estimate of drug-likeness (QED) is 0.442. The second-order valence-corrected chi connectivity index (χ2v) is 9.86. The van der Waals surface area contributed by atoms with Crippen molar-refractivity contribution in [3.63, 3.8) is 0 Å². The molecule has 5 nitrogen and oxygen atoms in total. The molecule has 0 spiro atoms. The lowest BCUT2D eigenvalue weighted by Gasteiger charge is -2.41. The van der Waals surface area contributed by atoms with Gasteiger partial charge in [-0.1, -0.05) is 43.5 Å². The number of ketones is 1. The summed E-state index contributed by atoms with van der Waals surface area (Å²) in [6.45, 7) is 3.59. The summed E-state index contributed by atoms with van der Waals surface area (Å²) in [6.07, 6.45) is 8.97. The number of Topliss-reactive ketones (excluding diaryl/α,β-unsaturated/α-hetero) is 1. The van der Waals surface area contributed by atoms with Gasteiger partial charge in [0.25, 0.3) is 0 Å². The van der Waals surface area contributed by atoms with Gasteiger partial charge in [0.2, 0.25) is 0 Å². The highest BCUT2D eigenvalue weighted by molar-refractivity contribution is 5.96. The van der Waals surface area contributed by atoms with Crippen molar-refractivity contribution >= 4 is 29.9 Å². The molecule has 3 atom stereocenters. The third-order valence-electron chi connectivity index (χ3n) is 7.36. The van der Waals surface area contributed by atoms with E-state index in [1.807, 2.05) is 12.1 Å². The molecule has 2 aliphatic rings. The third-order valence-corrected chi connectivity index (χ3v) is 7.36. The van der Waals surface area contributed by atoms with Crippen LogP contribution in [0.4, 0.5) is 14.9 Å². The van der Waals surface area contributed by atoms with Gasteiger partial charge in [0.05, 0.1) is 0 Å². The topological polar surface area (TPSA) is 61.4 Å². The Bertz CT molecular complexity index is 984. The fourth-order valence-electron chi connectivity index (χ4n) is 5.49. The molecule has 1 aliphatic heterocycles. The normalized spacial score (nSPS) is 22.6.